The van der Waals surface area contributed by atoms with Gasteiger partial charge in [-0.15, -0.1) is 0 Å². The largest absolute Gasteiger partial charge is 0.485 e. The van der Waals surface area contributed by atoms with E-state index in [4.69, 9.17) is 38.7 Å². The van der Waals surface area contributed by atoms with Crippen LogP contribution in [-0.2, 0) is 11.4 Å². The smallest absolute Gasteiger partial charge is 0.240 e. The first-order valence-electron chi connectivity index (χ1n) is 11.1. The van der Waals surface area contributed by atoms with Crippen molar-refractivity contribution in [1.29, 1.82) is 0 Å². The number of halogens is 2. The number of carbonyl (C=O) groups is 1. The molecule has 1 fully saturated rings. The van der Waals surface area contributed by atoms with E-state index in [-0.39, 0.29) is 19.1 Å². The Morgan fingerprint density at radius 2 is 1.88 bits per heavy atom. The zero-order valence-corrected chi connectivity index (χ0v) is 20.4. The van der Waals surface area contributed by atoms with Crippen molar-refractivity contribution in [3.63, 3.8) is 0 Å². The van der Waals surface area contributed by atoms with Crippen molar-refractivity contribution < 1.29 is 9.53 Å². The Morgan fingerprint density at radius 3 is 2.61 bits per heavy atom. The van der Waals surface area contributed by atoms with Crippen LogP contribution in [0.25, 0.3) is 10.9 Å². The molecule has 4 rings (SSSR count). The highest BCUT2D eigenvalue weighted by atomic mass is 35.5. The molecular weight excluding hydrogens is 459 g/mol. The minimum Gasteiger partial charge on any atom is -0.485 e. The van der Waals surface area contributed by atoms with Crippen LogP contribution in [0.15, 0.2) is 36.4 Å². The number of pyridine rings is 1. The lowest BCUT2D eigenvalue weighted by Crippen LogP contribution is -2.32. The lowest BCUT2D eigenvalue weighted by molar-refractivity contribution is -0.117. The summed E-state index contributed by atoms with van der Waals surface area (Å²) in [7, 11) is 1.64. The van der Waals surface area contributed by atoms with E-state index in [2.05, 4.69) is 11.0 Å². The summed E-state index contributed by atoms with van der Waals surface area (Å²) in [4.78, 5) is 20.7. The second-order valence-corrected chi connectivity index (χ2v) is 9.03. The molecule has 0 aliphatic carbocycles. The van der Waals surface area contributed by atoms with Crippen LogP contribution >= 0.6 is 23.2 Å². The third kappa shape index (κ3) is 4.74. The number of nitrogens with zero attached hydrogens (tertiary/aromatic N) is 3. The summed E-state index contributed by atoms with van der Waals surface area (Å²) in [5.74, 6) is 0.493. The van der Waals surface area contributed by atoms with Crippen LogP contribution < -0.4 is 20.3 Å². The van der Waals surface area contributed by atoms with Crippen molar-refractivity contribution in [3.05, 3.63) is 57.7 Å². The normalized spacial score (nSPS) is 13.9. The molecule has 0 radical (unpaired) electrons. The topological polar surface area (TPSA) is 71.7 Å². The molecule has 8 heteroatoms. The monoisotopic (exact) mass is 486 g/mol. The predicted octanol–water partition coefficient (Wildman–Crippen LogP) is 5.34. The van der Waals surface area contributed by atoms with Gasteiger partial charge in [0, 0.05) is 36.1 Å². The van der Waals surface area contributed by atoms with Crippen LogP contribution in [0.1, 0.15) is 30.5 Å². The van der Waals surface area contributed by atoms with E-state index in [0.29, 0.717) is 21.3 Å². The molecule has 1 aliphatic heterocycles. The fourth-order valence-electron chi connectivity index (χ4n) is 4.29. The summed E-state index contributed by atoms with van der Waals surface area (Å²) in [6.45, 7) is 3.96. The highest BCUT2D eigenvalue weighted by Gasteiger charge is 2.23. The Hall–Kier alpha value is -2.54. The van der Waals surface area contributed by atoms with Gasteiger partial charge < -0.3 is 20.3 Å². The predicted molar refractivity (Wildman–Crippen MR) is 136 cm³/mol. The summed E-state index contributed by atoms with van der Waals surface area (Å²) in [5, 5.41) is 1.92. The van der Waals surface area contributed by atoms with Gasteiger partial charge in [-0.1, -0.05) is 41.4 Å². The standard InChI is InChI=1S/C25H28Cl2N4O2/c1-16-25(24(31-12-6-3-7-13-31)17-8-4-5-9-20(17)29-16)33-15-18-19(26)10-11-21(23(18)27)30(2)22(32)14-28/h4-5,8-11H,3,6-7,12-15,28H2,1-2H3. The highest BCUT2D eigenvalue weighted by Crippen LogP contribution is 2.41. The number of anilines is 2. The first kappa shape index (κ1) is 23.6. The van der Waals surface area contributed by atoms with Crippen molar-refractivity contribution in [2.75, 3.05) is 36.5 Å². The molecule has 0 unspecified atom stereocenters. The zero-order valence-electron chi connectivity index (χ0n) is 18.9. The number of hydrogen-bond acceptors (Lipinski definition) is 5. The van der Waals surface area contributed by atoms with Crippen LogP contribution in [0.3, 0.4) is 0 Å². The molecule has 0 bridgehead atoms. The third-order valence-corrected chi connectivity index (χ3v) is 6.88. The second kappa shape index (κ2) is 10.2. The van der Waals surface area contributed by atoms with E-state index in [1.807, 2.05) is 25.1 Å². The Bertz CT molecular complexity index is 1180. The Morgan fingerprint density at radius 1 is 1.15 bits per heavy atom. The van der Waals surface area contributed by atoms with Gasteiger partial charge in [-0.05, 0) is 44.4 Å². The summed E-state index contributed by atoms with van der Waals surface area (Å²) in [5.41, 5.74) is 9.50. The average Bonchev–Trinajstić information content (AvgIpc) is 2.83. The van der Waals surface area contributed by atoms with Crippen molar-refractivity contribution in [2.45, 2.75) is 32.8 Å². The number of carbonyl (C=O) groups excluding carboxylic acids is 1. The fraction of sp³-hybridized carbons (Fsp3) is 0.360. The number of aromatic nitrogens is 1. The molecule has 2 heterocycles. The summed E-state index contributed by atoms with van der Waals surface area (Å²) in [6, 6.07) is 11.6. The lowest BCUT2D eigenvalue weighted by atomic mass is 10.1. The van der Waals surface area contributed by atoms with Crippen molar-refractivity contribution in [1.82, 2.24) is 4.98 Å². The summed E-state index contributed by atoms with van der Waals surface area (Å²) in [6.07, 6.45) is 3.54. The van der Waals surface area contributed by atoms with Gasteiger partial charge in [-0.25, -0.2) is 4.98 Å². The lowest BCUT2D eigenvalue weighted by Gasteiger charge is -2.32. The number of para-hydroxylation sites is 1. The number of amides is 1. The number of likely N-dealkylation sites (N-methyl/N-ethyl adjacent to an activating group) is 1. The molecule has 0 atom stereocenters. The van der Waals surface area contributed by atoms with E-state index in [9.17, 15) is 4.79 Å². The molecule has 2 N–H and O–H groups in total. The van der Waals surface area contributed by atoms with Gasteiger partial charge >= 0.3 is 0 Å². The van der Waals surface area contributed by atoms with Gasteiger partial charge in [-0.2, -0.15) is 0 Å². The Kier molecular flexibility index (Phi) is 7.27. The van der Waals surface area contributed by atoms with E-state index in [0.717, 1.165) is 54.0 Å². The van der Waals surface area contributed by atoms with Gasteiger partial charge in [0.05, 0.1) is 34.2 Å². The molecule has 6 nitrogen and oxygen atoms in total. The molecule has 0 spiro atoms. The quantitative estimate of drug-likeness (QED) is 0.508. The zero-order chi connectivity index (χ0) is 23.5. The van der Waals surface area contributed by atoms with E-state index in [1.54, 1.807) is 19.2 Å². The number of piperidine rings is 1. The van der Waals surface area contributed by atoms with Gasteiger partial charge in [0.1, 0.15) is 6.61 Å². The highest BCUT2D eigenvalue weighted by molar-refractivity contribution is 6.38. The molecule has 33 heavy (non-hydrogen) atoms. The maximum atomic E-state index is 12.1. The number of aryl methyl sites for hydroxylation is 1. The number of fused-ring (bicyclic) bond motifs is 1. The van der Waals surface area contributed by atoms with Crippen molar-refractivity contribution in [3.8, 4) is 5.75 Å². The first-order chi connectivity index (χ1) is 15.9. The SMILES string of the molecule is Cc1nc2ccccc2c(N2CCCCC2)c1OCc1c(Cl)ccc(N(C)C(=O)CN)c1Cl. The number of nitrogens with two attached hydrogens (primary N) is 1. The van der Waals surface area contributed by atoms with Crippen LogP contribution in [0.5, 0.6) is 5.75 Å². The van der Waals surface area contributed by atoms with Crippen LogP contribution in [0.4, 0.5) is 11.4 Å². The maximum absolute atomic E-state index is 12.1. The van der Waals surface area contributed by atoms with Crippen LogP contribution in [0, 0.1) is 6.92 Å². The fourth-order valence-corrected chi connectivity index (χ4v) is 4.90. The number of benzene rings is 2. The molecule has 1 aliphatic rings. The van der Waals surface area contributed by atoms with E-state index >= 15 is 0 Å². The first-order valence-corrected chi connectivity index (χ1v) is 11.9. The number of ether oxygens (including phenoxy) is 1. The Labute approximate surface area is 204 Å². The van der Waals surface area contributed by atoms with Crippen molar-refractivity contribution in [2.24, 2.45) is 5.73 Å². The van der Waals surface area contributed by atoms with Gasteiger partial charge in [0.25, 0.3) is 0 Å². The van der Waals surface area contributed by atoms with Gasteiger partial charge in [-0.3, -0.25) is 4.79 Å². The van der Waals surface area contributed by atoms with Gasteiger partial charge in [0.2, 0.25) is 5.91 Å². The average molecular weight is 487 g/mol. The van der Waals surface area contributed by atoms with Crippen LogP contribution in [0.2, 0.25) is 10.0 Å². The molecule has 0 saturated carbocycles. The minimum atomic E-state index is -0.243. The second-order valence-electron chi connectivity index (χ2n) is 8.24. The van der Waals surface area contributed by atoms with Crippen molar-refractivity contribution >= 4 is 51.4 Å². The van der Waals surface area contributed by atoms with Crippen LogP contribution in [-0.4, -0.2) is 37.6 Å². The molecular formula is C25H28Cl2N4O2. The number of hydrogen-bond donors (Lipinski definition) is 1. The molecule has 3 aromatic rings. The molecule has 1 amide bonds. The minimum absolute atomic E-state index is 0.109. The summed E-state index contributed by atoms with van der Waals surface area (Å²) >= 11 is 13.2. The molecule has 1 aromatic heterocycles. The molecule has 174 valence electrons. The molecule has 1 saturated heterocycles. The van der Waals surface area contributed by atoms with E-state index < -0.39 is 0 Å². The number of rotatable bonds is 6. The maximum Gasteiger partial charge on any atom is 0.240 e. The van der Waals surface area contributed by atoms with E-state index in [1.165, 1.54) is 11.3 Å². The van der Waals surface area contributed by atoms with Gasteiger partial charge in [0.15, 0.2) is 5.75 Å². The Balaban J connectivity index is 1.73. The molecule has 2 aromatic carbocycles. The third-order valence-electron chi connectivity index (χ3n) is 6.10. The summed E-state index contributed by atoms with van der Waals surface area (Å²) < 4.78 is 6.40.